The molecule has 2 heteroatoms. The van der Waals surface area contributed by atoms with Crippen molar-refractivity contribution in [3.63, 3.8) is 0 Å². The van der Waals surface area contributed by atoms with Crippen LogP contribution in [-0.4, -0.2) is 0 Å². The van der Waals surface area contributed by atoms with Gasteiger partial charge < -0.3 is 10.2 Å². The first-order valence-electron chi connectivity index (χ1n) is 7.04. The minimum atomic E-state index is 0.144. The van der Waals surface area contributed by atoms with E-state index < -0.39 is 0 Å². The summed E-state index contributed by atoms with van der Waals surface area (Å²) >= 11 is 0. The molecule has 0 aliphatic carbocycles. The number of aryl methyl sites for hydroxylation is 1. The summed E-state index contributed by atoms with van der Waals surface area (Å²) in [5.74, 6) is 1.81. The molecule has 0 spiro atoms. The maximum atomic E-state index is 6.30. The molecule has 2 atom stereocenters. The summed E-state index contributed by atoms with van der Waals surface area (Å²) in [7, 11) is 0. The van der Waals surface area contributed by atoms with Crippen LogP contribution in [0.1, 0.15) is 70.2 Å². The third-order valence-electron chi connectivity index (χ3n) is 3.63. The molecule has 0 aliphatic rings. The van der Waals surface area contributed by atoms with Crippen molar-refractivity contribution in [2.24, 2.45) is 11.7 Å². The lowest BCUT2D eigenvalue weighted by Crippen LogP contribution is -2.16. The summed E-state index contributed by atoms with van der Waals surface area (Å²) in [5.41, 5.74) is 7.51. The molecule has 0 radical (unpaired) electrons. The average Bonchev–Trinajstić information content (AvgIpc) is 2.82. The molecule has 1 rings (SSSR count). The van der Waals surface area contributed by atoms with Crippen LogP contribution in [0.4, 0.5) is 0 Å². The molecule has 0 amide bonds. The minimum Gasteiger partial charge on any atom is -0.469 e. The maximum absolute atomic E-state index is 6.30. The van der Waals surface area contributed by atoms with Crippen molar-refractivity contribution in [3.05, 3.63) is 23.7 Å². The zero-order valence-electron chi connectivity index (χ0n) is 11.5. The van der Waals surface area contributed by atoms with Crippen LogP contribution in [0, 0.1) is 5.92 Å². The monoisotopic (exact) mass is 237 g/mol. The largest absolute Gasteiger partial charge is 0.469 e. The molecule has 0 aliphatic heterocycles. The van der Waals surface area contributed by atoms with Gasteiger partial charge in [-0.1, -0.05) is 46.5 Å². The second-order valence-electron chi connectivity index (χ2n) is 4.91. The highest BCUT2D eigenvalue weighted by atomic mass is 16.3. The van der Waals surface area contributed by atoms with E-state index in [9.17, 15) is 0 Å². The summed E-state index contributed by atoms with van der Waals surface area (Å²) < 4.78 is 5.45. The van der Waals surface area contributed by atoms with Gasteiger partial charge in [-0.2, -0.15) is 0 Å². The van der Waals surface area contributed by atoms with E-state index in [1.165, 1.54) is 31.2 Å². The second kappa shape index (κ2) is 7.54. The van der Waals surface area contributed by atoms with E-state index in [1.54, 1.807) is 6.26 Å². The Kier molecular flexibility index (Phi) is 6.35. The predicted octanol–water partition coefficient (Wildman–Crippen LogP) is 4.45. The molecule has 0 fully saturated rings. The van der Waals surface area contributed by atoms with Crippen molar-refractivity contribution in [1.29, 1.82) is 0 Å². The molecule has 1 heterocycles. The first-order valence-corrected chi connectivity index (χ1v) is 7.04. The molecular formula is C15H27NO. The number of rotatable bonds is 8. The van der Waals surface area contributed by atoms with Crippen LogP contribution >= 0.6 is 0 Å². The molecule has 1 aromatic rings. The molecule has 98 valence electrons. The van der Waals surface area contributed by atoms with Crippen LogP contribution in [0.2, 0.25) is 0 Å². The Balaban J connectivity index is 2.54. The van der Waals surface area contributed by atoms with E-state index >= 15 is 0 Å². The van der Waals surface area contributed by atoms with Gasteiger partial charge >= 0.3 is 0 Å². The summed E-state index contributed by atoms with van der Waals surface area (Å²) in [6, 6.07) is 2.18. The number of unbranched alkanes of at least 4 members (excludes halogenated alkanes) is 1. The highest BCUT2D eigenvalue weighted by Crippen LogP contribution is 2.27. The molecule has 1 aromatic heterocycles. The average molecular weight is 237 g/mol. The smallest absolute Gasteiger partial charge is 0.108 e. The Morgan fingerprint density at radius 2 is 2.06 bits per heavy atom. The van der Waals surface area contributed by atoms with E-state index in [2.05, 4.69) is 20.8 Å². The first kappa shape index (κ1) is 14.3. The molecule has 0 bridgehead atoms. The maximum Gasteiger partial charge on any atom is 0.108 e. The van der Waals surface area contributed by atoms with Crippen molar-refractivity contribution in [1.82, 2.24) is 0 Å². The molecule has 0 saturated heterocycles. The highest BCUT2D eigenvalue weighted by molar-refractivity contribution is 5.21. The van der Waals surface area contributed by atoms with Crippen LogP contribution in [0.25, 0.3) is 0 Å². The molecule has 0 aromatic carbocycles. The lowest BCUT2D eigenvalue weighted by Gasteiger charge is -2.19. The van der Waals surface area contributed by atoms with E-state index in [0.29, 0.717) is 0 Å². The van der Waals surface area contributed by atoms with Crippen LogP contribution in [0.15, 0.2) is 16.7 Å². The molecule has 17 heavy (non-hydrogen) atoms. The van der Waals surface area contributed by atoms with Crippen molar-refractivity contribution >= 4 is 0 Å². The van der Waals surface area contributed by atoms with Gasteiger partial charge in [-0.15, -0.1) is 0 Å². The predicted molar refractivity (Wildman–Crippen MR) is 72.9 cm³/mol. The normalized spacial score (nSPS) is 14.8. The van der Waals surface area contributed by atoms with Crippen LogP contribution in [-0.2, 0) is 6.42 Å². The Morgan fingerprint density at radius 1 is 1.29 bits per heavy atom. The van der Waals surface area contributed by atoms with E-state index in [-0.39, 0.29) is 6.04 Å². The zero-order chi connectivity index (χ0) is 12.7. The fourth-order valence-corrected chi connectivity index (χ4v) is 2.44. The standard InChI is InChI=1S/C15H27NO/c1-4-7-8-12(5-2)11-14(16)13-9-10-17-15(13)6-3/h9-10,12,14H,4-8,11,16H2,1-3H3. The molecule has 2 N–H and O–H groups in total. The van der Waals surface area contributed by atoms with Gasteiger partial charge in [-0.3, -0.25) is 0 Å². The van der Waals surface area contributed by atoms with Gasteiger partial charge in [-0.25, -0.2) is 0 Å². The third kappa shape index (κ3) is 4.19. The zero-order valence-corrected chi connectivity index (χ0v) is 11.5. The van der Waals surface area contributed by atoms with Gasteiger partial charge in [0.05, 0.1) is 6.26 Å². The van der Waals surface area contributed by atoms with Gasteiger partial charge in [-0.05, 0) is 18.4 Å². The molecule has 2 nitrogen and oxygen atoms in total. The summed E-state index contributed by atoms with van der Waals surface area (Å²) in [6.07, 6.45) is 8.91. The van der Waals surface area contributed by atoms with Gasteiger partial charge in [0.2, 0.25) is 0 Å². The van der Waals surface area contributed by atoms with Gasteiger partial charge in [0.15, 0.2) is 0 Å². The van der Waals surface area contributed by atoms with Crippen LogP contribution in [0.5, 0.6) is 0 Å². The first-order chi connectivity index (χ1) is 8.22. The van der Waals surface area contributed by atoms with Crippen molar-refractivity contribution in [3.8, 4) is 0 Å². The Labute approximate surface area is 106 Å². The number of nitrogens with two attached hydrogens (primary N) is 1. The SMILES string of the molecule is CCCCC(CC)CC(N)c1ccoc1CC. The van der Waals surface area contributed by atoms with Gasteiger partial charge in [0.1, 0.15) is 5.76 Å². The lowest BCUT2D eigenvalue weighted by atomic mass is 9.89. The summed E-state index contributed by atoms with van der Waals surface area (Å²) in [6.45, 7) is 6.63. The Hall–Kier alpha value is -0.760. The van der Waals surface area contributed by atoms with Gasteiger partial charge in [0, 0.05) is 18.0 Å². The van der Waals surface area contributed by atoms with E-state index in [0.717, 1.165) is 24.5 Å². The quantitative estimate of drug-likeness (QED) is 0.725. The summed E-state index contributed by atoms with van der Waals surface area (Å²) in [5, 5.41) is 0. The Morgan fingerprint density at radius 3 is 2.65 bits per heavy atom. The summed E-state index contributed by atoms with van der Waals surface area (Å²) in [4.78, 5) is 0. The van der Waals surface area contributed by atoms with Crippen molar-refractivity contribution in [2.45, 2.75) is 65.3 Å². The van der Waals surface area contributed by atoms with Gasteiger partial charge in [0.25, 0.3) is 0 Å². The third-order valence-corrected chi connectivity index (χ3v) is 3.63. The second-order valence-corrected chi connectivity index (χ2v) is 4.91. The van der Waals surface area contributed by atoms with Crippen LogP contribution in [0.3, 0.4) is 0 Å². The van der Waals surface area contributed by atoms with Crippen molar-refractivity contribution < 1.29 is 4.42 Å². The van der Waals surface area contributed by atoms with E-state index in [4.69, 9.17) is 10.2 Å². The molecule has 0 saturated carbocycles. The lowest BCUT2D eigenvalue weighted by molar-refractivity contribution is 0.384. The highest BCUT2D eigenvalue weighted by Gasteiger charge is 2.17. The minimum absolute atomic E-state index is 0.144. The number of hydrogen-bond donors (Lipinski definition) is 1. The Bertz CT molecular complexity index is 306. The fraction of sp³-hybridized carbons (Fsp3) is 0.733. The van der Waals surface area contributed by atoms with E-state index in [1.807, 2.05) is 6.07 Å². The van der Waals surface area contributed by atoms with Crippen LogP contribution < -0.4 is 5.73 Å². The number of furan rings is 1. The molecular weight excluding hydrogens is 210 g/mol. The topological polar surface area (TPSA) is 39.2 Å². The molecule has 2 unspecified atom stereocenters. The number of hydrogen-bond acceptors (Lipinski definition) is 2. The fourth-order valence-electron chi connectivity index (χ4n) is 2.44. The van der Waals surface area contributed by atoms with Crippen molar-refractivity contribution in [2.75, 3.05) is 0 Å².